The van der Waals surface area contributed by atoms with Gasteiger partial charge in [0.15, 0.2) is 0 Å². The van der Waals surface area contributed by atoms with Crippen molar-refractivity contribution >= 4 is 17.8 Å². The SMILES string of the molecule is CN(C)C1CN(C(=O)Nc2ccc(CNC(=O)OC(C)(C)C)cc2)C1. The maximum atomic E-state index is 12.1. The summed E-state index contributed by atoms with van der Waals surface area (Å²) in [6, 6.07) is 7.74. The first-order valence-electron chi connectivity index (χ1n) is 8.42. The zero-order chi connectivity index (χ0) is 18.6. The lowest BCUT2D eigenvalue weighted by Crippen LogP contribution is -2.60. The van der Waals surface area contributed by atoms with Crippen molar-refractivity contribution in [3.05, 3.63) is 29.8 Å². The number of rotatable bonds is 4. The lowest BCUT2D eigenvalue weighted by molar-refractivity contribution is 0.0523. The third-order valence-electron chi connectivity index (χ3n) is 3.92. The molecule has 0 saturated carbocycles. The second kappa shape index (κ2) is 7.74. The van der Waals surface area contributed by atoms with Crippen molar-refractivity contribution in [3.8, 4) is 0 Å². The predicted octanol–water partition coefficient (Wildman–Crippen LogP) is 2.49. The molecule has 2 rings (SSSR count). The fraction of sp³-hybridized carbons (Fsp3) is 0.556. The van der Waals surface area contributed by atoms with Gasteiger partial charge in [-0.25, -0.2) is 9.59 Å². The molecule has 7 heteroatoms. The van der Waals surface area contributed by atoms with Gasteiger partial charge in [0, 0.05) is 31.4 Å². The van der Waals surface area contributed by atoms with Gasteiger partial charge in [0.2, 0.25) is 0 Å². The van der Waals surface area contributed by atoms with E-state index < -0.39 is 11.7 Å². The lowest BCUT2D eigenvalue weighted by Gasteiger charge is -2.42. The Morgan fingerprint density at radius 3 is 2.32 bits per heavy atom. The minimum Gasteiger partial charge on any atom is -0.444 e. The van der Waals surface area contributed by atoms with Crippen LogP contribution in [0.2, 0.25) is 0 Å². The zero-order valence-corrected chi connectivity index (χ0v) is 15.6. The Hall–Kier alpha value is -2.28. The van der Waals surface area contributed by atoms with Crippen molar-refractivity contribution in [2.75, 3.05) is 32.5 Å². The fourth-order valence-corrected chi connectivity index (χ4v) is 2.34. The van der Waals surface area contributed by atoms with E-state index in [1.807, 2.05) is 59.1 Å². The van der Waals surface area contributed by atoms with E-state index in [1.165, 1.54) is 0 Å². The van der Waals surface area contributed by atoms with Gasteiger partial charge in [-0.15, -0.1) is 0 Å². The van der Waals surface area contributed by atoms with E-state index in [1.54, 1.807) is 4.90 Å². The molecule has 0 radical (unpaired) electrons. The molecule has 7 nitrogen and oxygen atoms in total. The number of anilines is 1. The Morgan fingerprint density at radius 1 is 1.20 bits per heavy atom. The molecule has 138 valence electrons. The maximum absolute atomic E-state index is 12.1. The normalized spacial score (nSPS) is 14.9. The molecule has 0 aromatic heterocycles. The minimum atomic E-state index is -0.513. The summed E-state index contributed by atoms with van der Waals surface area (Å²) in [5, 5.41) is 5.59. The predicted molar refractivity (Wildman–Crippen MR) is 97.6 cm³/mol. The number of carbonyl (C=O) groups excluding carboxylic acids is 2. The fourth-order valence-electron chi connectivity index (χ4n) is 2.34. The van der Waals surface area contributed by atoms with E-state index in [4.69, 9.17) is 4.74 Å². The van der Waals surface area contributed by atoms with Crippen molar-refractivity contribution in [2.45, 2.75) is 39.0 Å². The van der Waals surface area contributed by atoms with Gasteiger partial charge in [0.25, 0.3) is 0 Å². The molecule has 1 aliphatic heterocycles. The summed E-state index contributed by atoms with van der Waals surface area (Å²) in [5.41, 5.74) is 1.15. The first-order valence-corrected chi connectivity index (χ1v) is 8.42. The molecule has 0 bridgehead atoms. The third-order valence-corrected chi connectivity index (χ3v) is 3.92. The van der Waals surface area contributed by atoms with Gasteiger partial charge in [-0.3, -0.25) is 0 Å². The summed E-state index contributed by atoms with van der Waals surface area (Å²) in [4.78, 5) is 27.7. The van der Waals surface area contributed by atoms with Gasteiger partial charge in [-0.05, 0) is 52.6 Å². The highest BCUT2D eigenvalue weighted by Gasteiger charge is 2.31. The van der Waals surface area contributed by atoms with Gasteiger partial charge < -0.3 is 25.2 Å². The van der Waals surface area contributed by atoms with Crippen LogP contribution in [-0.2, 0) is 11.3 Å². The van der Waals surface area contributed by atoms with Crippen LogP contribution in [0.3, 0.4) is 0 Å². The number of urea groups is 1. The molecule has 1 aromatic rings. The third kappa shape index (κ3) is 5.94. The summed E-state index contributed by atoms with van der Waals surface area (Å²) in [7, 11) is 4.04. The van der Waals surface area contributed by atoms with E-state index in [-0.39, 0.29) is 6.03 Å². The second-order valence-electron chi connectivity index (χ2n) is 7.50. The summed E-state index contributed by atoms with van der Waals surface area (Å²) in [5.74, 6) is 0. The molecule has 1 saturated heterocycles. The maximum Gasteiger partial charge on any atom is 0.407 e. The topological polar surface area (TPSA) is 73.9 Å². The summed E-state index contributed by atoms with van der Waals surface area (Å²) < 4.78 is 5.19. The average molecular weight is 348 g/mol. The standard InChI is InChI=1S/C18H28N4O3/c1-18(2,3)25-17(24)19-10-13-6-8-14(9-7-13)20-16(23)22-11-15(12-22)21(4)5/h6-9,15H,10-12H2,1-5H3,(H,19,24)(H,20,23). The molecular weight excluding hydrogens is 320 g/mol. The molecule has 2 N–H and O–H groups in total. The molecule has 25 heavy (non-hydrogen) atoms. The van der Waals surface area contributed by atoms with E-state index >= 15 is 0 Å². The highest BCUT2D eigenvalue weighted by atomic mass is 16.6. The van der Waals surface area contributed by atoms with Crippen LogP contribution in [0, 0.1) is 0 Å². The molecule has 1 fully saturated rings. The van der Waals surface area contributed by atoms with E-state index in [2.05, 4.69) is 15.5 Å². The largest absolute Gasteiger partial charge is 0.444 e. The first-order chi connectivity index (χ1) is 11.6. The Bertz CT molecular complexity index is 602. The number of benzene rings is 1. The zero-order valence-electron chi connectivity index (χ0n) is 15.6. The molecule has 1 aliphatic rings. The number of alkyl carbamates (subject to hydrolysis) is 1. The molecule has 0 spiro atoms. The van der Waals surface area contributed by atoms with Gasteiger partial charge in [0.1, 0.15) is 5.60 Å². The van der Waals surface area contributed by atoms with Crippen molar-refractivity contribution in [1.82, 2.24) is 15.1 Å². The highest BCUT2D eigenvalue weighted by molar-refractivity contribution is 5.89. The Kier molecular flexibility index (Phi) is 5.89. The number of nitrogens with zero attached hydrogens (tertiary/aromatic N) is 2. The Balaban J connectivity index is 1.76. The number of ether oxygens (including phenoxy) is 1. The number of likely N-dealkylation sites (tertiary alicyclic amines) is 1. The molecule has 1 heterocycles. The molecule has 0 aliphatic carbocycles. The van der Waals surface area contributed by atoms with Crippen LogP contribution < -0.4 is 10.6 Å². The van der Waals surface area contributed by atoms with Gasteiger partial charge in [0.05, 0.1) is 0 Å². The van der Waals surface area contributed by atoms with Crippen molar-refractivity contribution < 1.29 is 14.3 Å². The van der Waals surface area contributed by atoms with E-state index in [0.29, 0.717) is 12.6 Å². The Labute approximate surface area is 149 Å². The van der Waals surface area contributed by atoms with Crippen LogP contribution in [0.15, 0.2) is 24.3 Å². The van der Waals surface area contributed by atoms with Crippen LogP contribution >= 0.6 is 0 Å². The molecule has 1 aromatic carbocycles. The number of amides is 3. The number of likely N-dealkylation sites (N-methyl/N-ethyl adjacent to an activating group) is 1. The lowest BCUT2D eigenvalue weighted by atomic mass is 10.1. The molecule has 3 amide bonds. The second-order valence-corrected chi connectivity index (χ2v) is 7.50. The minimum absolute atomic E-state index is 0.0854. The van der Waals surface area contributed by atoms with Crippen LogP contribution in [0.1, 0.15) is 26.3 Å². The van der Waals surface area contributed by atoms with Crippen LogP contribution in [0.4, 0.5) is 15.3 Å². The van der Waals surface area contributed by atoms with Crippen LogP contribution in [0.5, 0.6) is 0 Å². The number of hydrogen-bond acceptors (Lipinski definition) is 4. The van der Waals surface area contributed by atoms with Gasteiger partial charge in [-0.2, -0.15) is 0 Å². The summed E-state index contributed by atoms with van der Waals surface area (Å²) in [6.07, 6.45) is -0.446. The summed E-state index contributed by atoms with van der Waals surface area (Å²) >= 11 is 0. The number of carbonyl (C=O) groups is 2. The number of hydrogen-bond donors (Lipinski definition) is 2. The van der Waals surface area contributed by atoms with Crippen LogP contribution in [-0.4, -0.2) is 60.8 Å². The molecular formula is C18H28N4O3. The van der Waals surface area contributed by atoms with Crippen LogP contribution in [0.25, 0.3) is 0 Å². The van der Waals surface area contributed by atoms with Crippen molar-refractivity contribution in [3.63, 3.8) is 0 Å². The van der Waals surface area contributed by atoms with E-state index in [0.717, 1.165) is 24.3 Å². The highest BCUT2D eigenvalue weighted by Crippen LogP contribution is 2.16. The molecule has 0 atom stereocenters. The summed E-state index contributed by atoms with van der Waals surface area (Å²) in [6.45, 7) is 7.34. The monoisotopic (exact) mass is 348 g/mol. The van der Waals surface area contributed by atoms with Crippen molar-refractivity contribution in [2.24, 2.45) is 0 Å². The van der Waals surface area contributed by atoms with Crippen molar-refractivity contribution in [1.29, 1.82) is 0 Å². The van der Waals surface area contributed by atoms with E-state index in [9.17, 15) is 9.59 Å². The molecule has 0 unspecified atom stereocenters. The Morgan fingerprint density at radius 2 is 1.80 bits per heavy atom. The van der Waals surface area contributed by atoms with Gasteiger partial charge in [-0.1, -0.05) is 12.1 Å². The average Bonchev–Trinajstić information content (AvgIpc) is 2.42. The first kappa shape index (κ1) is 19.1. The number of nitrogens with one attached hydrogen (secondary N) is 2. The van der Waals surface area contributed by atoms with Gasteiger partial charge >= 0.3 is 12.1 Å². The quantitative estimate of drug-likeness (QED) is 0.877. The smallest absolute Gasteiger partial charge is 0.407 e.